The zero-order valence-electron chi connectivity index (χ0n) is 13.9. The summed E-state index contributed by atoms with van der Waals surface area (Å²) in [5.41, 5.74) is 1.03. The molecule has 2 atom stereocenters. The van der Waals surface area contributed by atoms with Crippen molar-refractivity contribution >= 4 is 5.96 Å². The minimum Gasteiger partial charge on any atom is -0.352 e. The van der Waals surface area contributed by atoms with Crippen LogP contribution in [0.2, 0.25) is 0 Å². The first-order valence-corrected chi connectivity index (χ1v) is 7.95. The largest absolute Gasteiger partial charge is 0.352 e. The van der Waals surface area contributed by atoms with Gasteiger partial charge in [-0.15, -0.1) is 0 Å². The summed E-state index contributed by atoms with van der Waals surface area (Å²) in [4.78, 5) is 6.77. The molecular weight excluding hydrogens is 279 g/mol. The lowest BCUT2D eigenvalue weighted by Gasteiger charge is -2.22. The number of benzene rings is 1. The van der Waals surface area contributed by atoms with Crippen LogP contribution in [0.4, 0.5) is 4.39 Å². The predicted molar refractivity (Wildman–Crippen MR) is 89.4 cm³/mol. The van der Waals surface area contributed by atoms with Gasteiger partial charge in [-0.25, -0.2) is 4.39 Å². The summed E-state index contributed by atoms with van der Waals surface area (Å²) in [7, 11) is 1.78. The molecule has 122 valence electrons. The number of halogens is 1. The van der Waals surface area contributed by atoms with Crippen molar-refractivity contribution in [1.82, 2.24) is 15.5 Å². The van der Waals surface area contributed by atoms with E-state index < -0.39 is 0 Å². The Morgan fingerprint density at radius 1 is 1.32 bits per heavy atom. The highest BCUT2D eigenvalue weighted by Crippen LogP contribution is 2.18. The average Bonchev–Trinajstić information content (AvgIpc) is 2.86. The van der Waals surface area contributed by atoms with Crippen molar-refractivity contribution in [2.75, 3.05) is 20.1 Å². The molecule has 0 radical (unpaired) electrons. The van der Waals surface area contributed by atoms with Crippen LogP contribution in [0.1, 0.15) is 26.3 Å². The van der Waals surface area contributed by atoms with Crippen molar-refractivity contribution < 1.29 is 4.39 Å². The number of rotatable bonds is 4. The van der Waals surface area contributed by atoms with Gasteiger partial charge in [-0.05, 0) is 37.5 Å². The number of aliphatic imine (C=N–C) groups is 1. The SMILES string of the molecule is CN=C(NCc1ccc(F)cc1)NC1CN(C(C)C)CC1C. The van der Waals surface area contributed by atoms with Gasteiger partial charge in [-0.1, -0.05) is 19.1 Å². The van der Waals surface area contributed by atoms with E-state index in [-0.39, 0.29) is 5.82 Å². The molecule has 1 aliphatic rings. The fraction of sp³-hybridized carbons (Fsp3) is 0.588. The molecule has 1 saturated heterocycles. The third kappa shape index (κ3) is 4.44. The van der Waals surface area contributed by atoms with Gasteiger partial charge in [0.25, 0.3) is 0 Å². The fourth-order valence-electron chi connectivity index (χ4n) is 2.77. The standard InChI is InChI=1S/C17H27FN4/c1-12(2)22-10-13(3)16(11-22)21-17(19-4)20-9-14-5-7-15(18)8-6-14/h5-8,12-13,16H,9-11H2,1-4H3,(H2,19,20,21). The molecule has 0 bridgehead atoms. The van der Waals surface area contributed by atoms with Gasteiger partial charge in [0.1, 0.15) is 5.82 Å². The summed E-state index contributed by atoms with van der Waals surface area (Å²) in [5.74, 6) is 1.18. The molecule has 1 fully saturated rings. The van der Waals surface area contributed by atoms with Gasteiger partial charge in [0, 0.05) is 38.8 Å². The van der Waals surface area contributed by atoms with Crippen LogP contribution in [0.25, 0.3) is 0 Å². The van der Waals surface area contributed by atoms with E-state index in [0.29, 0.717) is 24.5 Å². The first kappa shape index (κ1) is 16.7. The molecule has 2 rings (SSSR count). The van der Waals surface area contributed by atoms with E-state index in [4.69, 9.17) is 0 Å². The van der Waals surface area contributed by atoms with E-state index in [0.717, 1.165) is 24.6 Å². The van der Waals surface area contributed by atoms with Gasteiger partial charge in [0.05, 0.1) is 0 Å². The Morgan fingerprint density at radius 2 is 2.00 bits per heavy atom. The van der Waals surface area contributed by atoms with E-state index >= 15 is 0 Å². The average molecular weight is 306 g/mol. The fourth-order valence-corrected chi connectivity index (χ4v) is 2.77. The normalized spacial score (nSPS) is 23.1. The second kappa shape index (κ2) is 7.58. The molecule has 1 aliphatic heterocycles. The molecule has 0 saturated carbocycles. The van der Waals surface area contributed by atoms with Gasteiger partial charge >= 0.3 is 0 Å². The van der Waals surface area contributed by atoms with Crippen molar-refractivity contribution in [2.45, 2.75) is 39.4 Å². The van der Waals surface area contributed by atoms with Gasteiger partial charge in [-0.2, -0.15) is 0 Å². The molecule has 22 heavy (non-hydrogen) atoms. The van der Waals surface area contributed by atoms with Gasteiger partial charge in [0.2, 0.25) is 0 Å². The number of hydrogen-bond donors (Lipinski definition) is 2. The van der Waals surface area contributed by atoms with Crippen LogP contribution in [0.5, 0.6) is 0 Å². The quantitative estimate of drug-likeness (QED) is 0.662. The van der Waals surface area contributed by atoms with Crippen molar-refractivity contribution in [3.05, 3.63) is 35.6 Å². The summed E-state index contributed by atoms with van der Waals surface area (Å²) in [6.45, 7) is 9.52. The van der Waals surface area contributed by atoms with Gasteiger partial charge in [0.15, 0.2) is 5.96 Å². The van der Waals surface area contributed by atoms with E-state index in [1.165, 1.54) is 12.1 Å². The highest BCUT2D eigenvalue weighted by Gasteiger charge is 2.31. The molecule has 0 amide bonds. The Labute approximate surface area is 132 Å². The number of hydrogen-bond acceptors (Lipinski definition) is 2. The molecule has 5 heteroatoms. The number of nitrogens with one attached hydrogen (secondary N) is 2. The summed E-state index contributed by atoms with van der Waals surface area (Å²) in [6.07, 6.45) is 0. The van der Waals surface area contributed by atoms with Crippen LogP contribution >= 0.6 is 0 Å². The lowest BCUT2D eigenvalue weighted by molar-refractivity contribution is 0.265. The Morgan fingerprint density at radius 3 is 2.55 bits per heavy atom. The molecule has 4 nitrogen and oxygen atoms in total. The minimum absolute atomic E-state index is 0.209. The second-order valence-electron chi connectivity index (χ2n) is 6.33. The summed E-state index contributed by atoms with van der Waals surface area (Å²) in [6, 6.07) is 7.51. The first-order valence-electron chi connectivity index (χ1n) is 7.95. The van der Waals surface area contributed by atoms with Gasteiger partial charge < -0.3 is 10.6 Å². The highest BCUT2D eigenvalue weighted by molar-refractivity contribution is 5.80. The zero-order valence-corrected chi connectivity index (χ0v) is 13.9. The maximum atomic E-state index is 12.9. The Hall–Kier alpha value is -1.62. The molecular formula is C17H27FN4. The molecule has 0 aromatic heterocycles. The van der Waals surface area contributed by atoms with Crippen LogP contribution < -0.4 is 10.6 Å². The van der Waals surface area contributed by atoms with Crippen molar-refractivity contribution in [3.63, 3.8) is 0 Å². The third-order valence-corrected chi connectivity index (χ3v) is 4.29. The van der Waals surface area contributed by atoms with E-state index in [1.54, 1.807) is 19.2 Å². The van der Waals surface area contributed by atoms with E-state index in [1.807, 2.05) is 0 Å². The number of likely N-dealkylation sites (tertiary alicyclic amines) is 1. The predicted octanol–water partition coefficient (Wildman–Crippen LogP) is 2.22. The topological polar surface area (TPSA) is 39.7 Å². The number of nitrogens with zero attached hydrogens (tertiary/aromatic N) is 2. The first-order chi connectivity index (χ1) is 10.5. The van der Waals surface area contributed by atoms with Crippen LogP contribution in [0, 0.1) is 11.7 Å². The van der Waals surface area contributed by atoms with Crippen LogP contribution in [0.3, 0.4) is 0 Å². The number of guanidine groups is 1. The second-order valence-corrected chi connectivity index (χ2v) is 6.33. The van der Waals surface area contributed by atoms with E-state index in [9.17, 15) is 4.39 Å². The highest BCUT2D eigenvalue weighted by atomic mass is 19.1. The Kier molecular flexibility index (Phi) is 5.77. The summed E-state index contributed by atoms with van der Waals surface area (Å²) in [5, 5.41) is 6.80. The molecule has 1 aromatic rings. The summed E-state index contributed by atoms with van der Waals surface area (Å²) >= 11 is 0. The van der Waals surface area contributed by atoms with Crippen molar-refractivity contribution in [2.24, 2.45) is 10.9 Å². The van der Waals surface area contributed by atoms with E-state index in [2.05, 4.69) is 41.3 Å². The smallest absolute Gasteiger partial charge is 0.191 e. The Balaban J connectivity index is 1.86. The van der Waals surface area contributed by atoms with Crippen LogP contribution in [-0.2, 0) is 6.54 Å². The molecule has 2 unspecified atom stereocenters. The monoisotopic (exact) mass is 306 g/mol. The minimum atomic E-state index is -0.209. The van der Waals surface area contributed by atoms with Gasteiger partial charge in [-0.3, -0.25) is 9.89 Å². The maximum absolute atomic E-state index is 12.9. The van der Waals surface area contributed by atoms with Crippen LogP contribution in [0.15, 0.2) is 29.3 Å². The maximum Gasteiger partial charge on any atom is 0.191 e. The lowest BCUT2D eigenvalue weighted by atomic mass is 10.1. The molecule has 0 spiro atoms. The molecule has 1 aromatic carbocycles. The third-order valence-electron chi connectivity index (χ3n) is 4.29. The molecule has 2 N–H and O–H groups in total. The Bertz CT molecular complexity index is 498. The summed E-state index contributed by atoms with van der Waals surface area (Å²) < 4.78 is 12.9. The zero-order chi connectivity index (χ0) is 16.1. The lowest BCUT2D eigenvalue weighted by Crippen LogP contribution is -2.46. The van der Waals surface area contributed by atoms with Crippen LogP contribution in [-0.4, -0.2) is 43.1 Å². The van der Waals surface area contributed by atoms with Crippen molar-refractivity contribution in [1.29, 1.82) is 0 Å². The molecule has 1 heterocycles. The van der Waals surface area contributed by atoms with Crippen molar-refractivity contribution in [3.8, 4) is 0 Å². The molecule has 0 aliphatic carbocycles.